The molecule has 0 spiro atoms. The first-order chi connectivity index (χ1) is 3.31. The van der Waals surface area contributed by atoms with Crippen LogP contribution in [0.1, 0.15) is 13.3 Å². The predicted molar refractivity (Wildman–Crippen MR) is 33.8 cm³/mol. The van der Waals surface area contributed by atoms with Gasteiger partial charge in [-0.05, 0) is 6.42 Å². The van der Waals surface area contributed by atoms with Crippen molar-refractivity contribution in [3.63, 3.8) is 0 Å². The van der Waals surface area contributed by atoms with Crippen LogP contribution in [0.5, 0.6) is 0 Å². The Bertz CT molecular complexity index is 86.1. The molecule has 0 rings (SSSR count). The third-order valence-corrected chi connectivity index (χ3v) is 0.888. The molecule has 0 radical (unpaired) electrons. The Morgan fingerprint density at radius 3 is 2.71 bits per heavy atom. The predicted octanol–water partition coefficient (Wildman–Crippen LogP) is 2.18. The smallest absolute Gasteiger partial charge is 0.105 e. The molecule has 0 aromatic rings. The second-order valence-electron chi connectivity index (χ2n) is 1.04. The van der Waals surface area contributed by atoms with Gasteiger partial charge in [0.05, 0.1) is 0 Å². The Labute approximate surface area is 48.7 Å². The number of nitrogens with zero attached hydrogens (tertiary/aromatic N) is 1. The lowest BCUT2D eigenvalue weighted by molar-refractivity contribution is 1.30. The molecule has 7 heavy (non-hydrogen) atoms. The van der Waals surface area contributed by atoms with Gasteiger partial charge in [-0.1, -0.05) is 25.1 Å². The van der Waals surface area contributed by atoms with E-state index >= 15 is 0 Å². The van der Waals surface area contributed by atoms with Crippen molar-refractivity contribution >= 4 is 16.8 Å². The largest absolute Gasteiger partial charge is 0.250 e. The maximum atomic E-state index is 5.44. The minimum absolute atomic E-state index is 0.606. The number of hydrogen-bond acceptors (Lipinski definition) is 1. The molecule has 40 valence electrons. The van der Waals surface area contributed by atoms with Crippen LogP contribution in [0, 0.1) is 0 Å². The lowest BCUT2D eigenvalue weighted by Crippen LogP contribution is -1.77. The van der Waals surface area contributed by atoms with Gasteiger partial charge in [0.25, 0.3) is 0 Å². The monoisotopic (exact) mass is 117 g/mol. The van der Waals surface area contributed by atoms with Gasteiger partial charge in [-0.25, -0.2) is 4.99 Å². The molecule has 0 aliphatic heterocycles. The molecule has 0 aliphatic rings. The zero-order valence-electron chi connectivity index (χ0n) is 4.32. The lowest BCUT2D eigenvalue weighted by atomic mass is 10.5. The Balaban J connectivity index is 3.49. The number of rotatable bonds is 2. The summed E-state index contributed by atoms with van der Waals surface area (Å²) in [6.45, 7) is 5.32. The van der Waals surface area contributed by atoms with E-state index < -0.39 is 0 Å². The average molecular weight is 118 g/mol. The van der Waals surface area contributed by atoms with Crippen LogP contribution in [-0.4, -0.2) is 5.17 Å². The van der Waals surface area contributed by atoms with E-state index in [-0.39, 0.29) is 0 Å². The van der Waals surface area contributed by atoms with Gasteiger partial charge < -0.3 is 0 Å². The van der Waals surface area contributed by atoms with Crippen LogP contribution in [0.3, 0.4) is 0 Å². The van der Waals surface area contributed by atoms with E-state index in [2.05, 4.69) is 11.6 Å². The Kier molecular flexibility index (Phi) is 3.71. The molecule has 0 amide bonds. The van der Waals surface area contributed by atoms with Crippen LogP contribution in [-0.2, 0) is 0 Å². The summed E-state index contributed by atoms with van der Waals surface area (Å²) in [6.07, 6.45) is 2.22. The normalized spacial score (nSPS) is 11.4. The number of aliphatic imine (C=N–C) groups is 1. The molecular formula is C5H8ClN. The summed E-state index contributed by atoms with van der Waals surface area (Å²) < 4.78 is 0. The highest BCUT2D eigenvalue weighted by atomic mass is 35.5. The average Bonchev–Trinajstić information content (AvgIpc) is 1.68. The van der Waals surface area contributed by atoms with Gasteiger partial charge in [0.15, 0.2) is 0 Å². The summed E-state index contributed by atoms with van der Waals surface area (Å²) in [5, 5.41) is 0.606. The van der Waals surface area contributed by atoms with E-state index in [1.54, 1.807) is 0 Å². The minimum atomic E-state index is 0.606. The van der Waals surface area contributed by atoms with Crippen molar-refractivity contribution in [2.45, 2.75) is 13.3 Å². The molecule has 1 nitrogen and oxygen atoms in total. The first kappa shape index (κ1) is 6.70. The molecule has 0 bridgehead atoms. The highest BCUT2D eigenvalue weighted by Crippen LogP contribution is 1.90. The van der Waals surface area contributed by atoms with Crippen molar-refractivity contribution in [2.24, 2.45) is 4.99 Å². The maximum Gasteiger partial charge on any atom is 0.105 e. The molecule has 0 fully saturated rings. The van der Waals surface area contributed by atoms with Gasteiger partial charge in [-0.3, -0.25) is 0 Å². The summed E-state index contributed by atoms with van der Waals surface area (Å²) in [7, 11) is 0. The second-order valence-corrected chi connectivity index (χ2v) is 1.48. The minimum Gasteiger partial charge on any atom is -0.250 e. The molecule has 0 aliphatic carbocycles. The second kappa shape index (κ2) is 3.88. The van der Waals surface area contributed by atoms with E-state index in [0.717, 1.165) is 6.42 Å². The van der Waals surface area contributed by atoms with Crippen molar-refractivity contribution < 1.29 is 0 Å². The van der Waals surface area contributed by atoms with Gasteiger partial charge in [0.2, 0.25) is 0 Å². The van der Waals surface area contributed by atoms with Gasteiger partial charge in [-0.15, -0.1) is 0 Å². The first-order valence-corrected chi connectivity index (χ1v) is 2.52. The van der Waals surface area contributed by atoms with Crippen molar-refractivity contribution in [2.75, 3.05) is 0 Å². The summed E-state index contributed by atoms with van der Waals surface area (Å²) in [4.78, 5) is 3.69. The van der Waals surface area contributed by atoms with E-state index in [9.17, 15) is 0 Å². The van der Waals surface area contributed by atoms with Crippen molar-refractivity contribution in [3.8, 4) is 0 Å². The zero-order valence-corrected chi connectivity index (χ0v) is 5.07. The molecular weight excluding hydrogens is 110 g/mol. The highest BCUT2D eigenvalue weighted by Gasteiger charge is 1.80. The van der Waals surface area contributed by atoms with E-state index in [0.29, 0.717) is 5.17 Å². The van der Waals surface area contributed by atoms with Gasteiger partial charge in [0, 0.05) is 6.20 Å². The number of hydrogen-bond donors (Lipinski definition) is 0. The Hall–Kier alpha value is -0.300. The SMILES string of the molecule is C=CN=C(Cl)CC. The lowest BCUT2D eigenvalue weighted by Gasteiger charge is -1.81. The molecule has 0 aromatic carbocycles. The van der Waals surface area contributed by atoms with Gasteiger partial charge in [-0.2, -0.15) is 0 Å². The van der Waals surface area contributed by atoms with Crippen LogP contribution in [0.25, 0.3) is 0 Å². The van der Waals surface area contributed by atoms with E-state index in [1.165, 1.54) is 6.20 Å². The van der Waals surface area contributed by atoms with E-state index in [1.807, 2.05) is 6.92 Å². The summed E-state index contributed by atoms with van der Waals surface area (Å²) >= 11 is 5.44. The van der Waals surface area contributed by atoms with Crippen molar-refractivity contribution in [1.82, 2.24) is 0 Å². The van der Waals surface area contributed by atoms with Gasteiger partial charge in [0.1, 0.15) is 5.17 Å². The van der Waals surface area contributed by atoms with Crippen molar-refractivity contribution in [1.29, 1.82) is 0 Å². The Morgan fingerprint density at radius 1 is 2.00 bits per heavy atom. The Morgan fingerprint density at radius 2 is 2.57 bits per heavy atom. The molecule has 2 heteroatoms. The fraction of sp³-hybridized carbons (Fsp3) is 0.400. The molecule has 0 aromatic heterocycles. The summed E-state index contributed by atoms with van der Waals surface area (Å²) in [5.74, 6) is 0. The molecule has 0 heterocycles. The van der Waals surface area contributed by atoms with E-state index in [4.69, 9.17) is 11.6 Å². The van der Waals surface area contributed by atoms with Crippen molar-refractivity contribution in [3.05, 3.63) is 12.8 Å². The van der Waals surface area contributed by atoms with Crippen LogP contribution in [0.2, 0.25) is 0 Å². The van der Waals surface area contributed by atoms with Crippen LogP contribution < -0.4 is 0 Å². The van der Waals surface area contributed by atoms with Crippen LogP contribution >= 0.6 is 11.6 Å². The molecule has 0 unspecified atom stereocenters. The zero-order chi connectivity index (χ0) is 5.70. The molecule has 0 N–H and O–H groups in total. The standard InChI is InChI=1S/C5H8ClN/c1-3-5(6)7-4-2/h4H,2-3H2,1H3. The van der Waals surface area contributed by atoms with Gasteiger partial charge >= 0.3 is 0 Å². The van der Waals surface area contributed by atoms with Crippen LogP contribution in [0.15, 0.2) is 17.8 Å². The fourth-order valence-corrected chi connectivity index (χ4v) is 0.259. The molecule has 0 atom stereocenters. The first-order valence-electron chi connectivity index (χ1n) is 2.14. The topological polar surface area (TPSA) is 12.4 Å². The van der Waals surface area contributed by atoms with Crippen LogP contribution in [0.4, 0.5) is 0 Å². The molecule has 0 saturated carbocycles. The maximum absolute atomic E-state index is 5.44. The summed E-state index contributed by atoms with van der Waals surface area (Å²) in [5.41, 5.74) is 0. The quantitative estimate of drug-likeness (QED) is 0.492. The summed E-state index contributed by atoms with van der Waals surface area (Å²) in [6, 6.07) is 0. The third-order valence-electron chi connectivity index (χ3n) is 0.523. The number of halogens is 1. The highest BCUT2D eigenvalue weighted by molar-refractivity contribution is 6.65. The molecule has 0 saturated heterocycles. The fourth-order valence-electron chi connectivity index (χ4n) is 0.190. The third kappa shape index (κ3) is 3.53.